The molecule has 0 fully saturated rings. The van der Waals surface area contributed by atoms with E-state index in [0.29, 0.717) is 5.28 Å². The summed E-state index contributed by atoms with van der Waals surface area (Å²) in [6, 6.07) is 6.19. The summed E-state index contributed by atoms with van der Waals surface area (Å²) in [5.41, 5.74) is 3.16. The molecule has 0 aliphatic heterocycles. The minimum atomic E-state index is 0.0592. The highest BCUT2D eigenvalue weighted by Crippen LogP contribution is 2.30. The monoisotopic (exact) mass is 234 g/mol. The molecule has 0 atom stereocenters. The fourth-order valence-corrected chi connectivity index (χ4v) is 2.09. The molecule has 0 amide bonds. The van der Waals surface area contributed by atoms with E-state index in [1.54, 1.807) is 0 Å². The van der Waals surface area contributed by atoms with Crippen molar-refractivity contribution in [2.24, 2.45) is 0 Å². The van der Waals surface area contributed by atoms with E-state index in [1.807, 2.05) is 19.1 Å². The molecule has 0 spiro atoms. The molecule has 2 nitrogen and oxygen atoms in total. The third kappa shape index (κ3) is 1.90. The largest absolute Gasteiger partial charge is 0.223 e. The van der Waals surface area contributed by atoms with Crippen molar-refractivity contribution in [1.29, 1.82) is 0 Å². The van der Waals surface area contributed by atoms with Gasteiger partial charge in [-0.3, -0.25) is 0 Å². The van der Waals surface area contributed by atoms with Gasteiger partial charge in [0.2, 0.25) is 5.28 Å². The van der Waals surface area contributed by atoms with E-state index in [4.69, 9.17) is 11.6 Å². The Morgan fingerprint density at radius 1 is 1.12 bits per heavy atom. The summed E-state index contributed by atoms with van der Waals surface area (Å²) in [5.74, 6) is 0. The number of fused-ring (bicyclic) bond motifs is 1. The van der Waals surface area contributed by atoms with Crippen LogP contribution in [-0.4, -0.2) is 9.97 Å². The SMILES string of the molecule is Cc1nc(Cl)nc2c(C(C)(C)C)cccc12. The average Bonchev–Trinajstić information content (AvgIpc) is 2.15. The standard InChI is InChI=1S/C13H15ClN2/c1-8-9-6-5-7-10(13(2,3)4)11(9)16-12(14)15-8/h5-7H,1-4H3. The molecule has 0 unspecified atom stereocenters. The predicted octanol–water partition coefficient (Wildman–Crippen LogP) is 3.89. The van der Waals surface area contributed by atoms with Crippen LogP contribution < -0.4 is 0 Å². The number of benzene rings is 1. The predicted molar refractivity (Wildman–Crippen MR) is 68.0 cm³/mol. The third-order valence-corrected chi connectivity index (χ3v) is 2.87. The first-order chi connectivity index (χ1) is 7.39. The highest BCUT2D eigenvalue weighted by atomic mass is 35.5. The highest BCUT2D eigenvalue weighted by Gasteiger charge is 2.18. The van der Waals surface area contributed by atoms with Gasteiger partial charge in [-0.15, -0.1) is 0 Å². The molecule has 16 heavy (non-hydrogen) atoms. The van der Waals surface area contributed by atoms with Crippen molar-refractivity contribution in [2.75, 3.05) is 0 Å². The van der Waals surface area contributed by atoms with Crippen molar-refractivity contribution in [1.82, 2.24) is 9.97 Å². The van der Waals surface area contributed by atoms with E-state index in [1.165, 1.54) is 5.56 Å². The van der Waals surface area contributed by atoms with Gasteiger partial charge in [0.25, 0.3) is 0 Å². The lowest BCUT2D eigenvalue weighted by Gasteiger charge is -2.20. The molecule has 3 heteroatoms. The molecule has 0 N–H and O–H groups in total. The first kappa shape index (κ1) is 11.3. The summed E-state index contributed by atoms with van der Waals surface area (Å²) in [6.45, 7) is 8.48. The Labute approximate surface area is 101 Å². The van der Waals surface area contributed by atoms with E-state index >= 15 is 0 Å². The number of halogens is 1. The molecule has 0 aliphatic rings. The van der Waals surface area contributed by atoms with Gasteiger partial charge in [-0.2, -0.15) is 0 Å². The van der Waals surface area contributed by atoms with Crippen LogP contribution in [0.1, 0.15) is 32.0 Å². The number of rotatable bonds is 0. The molecule has 1 heterocycles. The Morgan fingerprint density at radius 2 is 1.81 bits per heavy atom. The van der Waals surface area contributed by atoms with Crippen LogP contribution in [0.15, 0.2) is 18.2 Å². The molecule has 0 aliphatic carbocycles. The Bertz CT molecular complexity index is 541. The van der Waals surface area contributed by atoms with Crippen LogP contribution in [-0.2, 0) is 5.41 Å². The third-order valence-electron chi connectivity index (χ3n) is 2.70. The van der Waals surface area contributed by atoms with Gasteiger partial charge in [-0.25, -0.2) is 9.97 Å². The maximum absolute atomic E-state index is 5.92. The van der Waals surface area contributed by atoms with Crippen molar-refractivity contribution >= 4 is 22.5 Å². The molecule has 0 bridgehead atoms. The van der Waals surface area contributed by atoms with E-state index in [-0.39, 0.29) is 5.41 Å². The lowest BCUT2D eigenvalue weighted by atomic mass is 9.85. The molecule has 1 aromatic heterocycles. The van der Waals surface area contributed by atoms with Gasteiger partial charge < -0.3 is 0 Å². The topological polar surface area (TPSA) is 25.8 Å². The molecule has 84 valence electrons. The molecule has 2 aromatic rings. The van der Waals surface area contributed by atoms with Crippen molar-refractivity contribution < 1.29 is 0 Å². The molecule has 0 saturated heterocycles. The van der Waals surface area contributed by atoms with Gasteiger partial charge in [0, 0.05) is 5.39 Å². The molecule has 1 aromatic carbocycles. The Morgan fingerprint density at radius 3 is 2.44 bits per heavy atom. The summed E-state index contributed by atoms with van der Waals surface area (Å²) in [5, 5.41) is 1.40. The van der Waals surface area contributed by atoms with Gasteiger partial charge in [0.15, 0.2) is 0 Å². The fourth-order valence-electron chi connectivity index (χ4n) is 1.88. The number of nitrogens with zero attached hydrogens (tertiary/aromatic N) is 2. The molecular weight excluding hydrogens is 220 g/mol. The summed E-state index contributed by atoms with van der Waals surface area (Å²) in [7, 11) is 0. The Kier molecular flexibility index (Phi) is 2.62. The number of aromatic nitrogens is 2. The van der Waals surface area contributed by atoms with Crippen LogP contribution in [0, 0.1) is 6.92 Å². The van der Waals surface area contributed by atoms with Gasteiger partial charge in [0.1, 0.15) is 0 Å². The van der Waals surface area contributed by atoms with Crippen molar-refractivity contribution in [3.63, 3.8) is 0 Å². The summed E-state index contributed by atoms with van der Waals surface area (Å²) in [4.78, 5) is 8.54. The van der Waals surface area contributed by atoms with E-state index in [9.17, 15) is 0 Å². The van der Waals surface area contributed by atoms with Crippen molar-refractivity contribution in [2.45, 2.75) is 33.1 Å². The second-order valence-corrected chi connectivity index (χ2v) is 5.37. The van der Waals surface area contributed by atoms with E-state index in [2.05, 4.69) is 36.8 Å². The van der Waals surface area contributed by atoms with Crippen LogP contribution in [0.2, 0.25) is 5.28 Å². The summed E-state index contributed by atoms with van der Waals surface area (Å²) >= 11 is 5.92. The maximum atomic E-state index is 5.92. The quantitative estimate of drug-likeness (QED) is 0.647. The maximum Gasteiger partial charge on any atom is 0.223 e. The highest BCUT2D eigenvalue weighted by molar-refractivity contribution is 6.28. The normalized spacial score (nSPS) is 12.1. The lowest BCUT2D eigenvalue weighted by molar-refractivity contribution is 0.594. The van der Waals surface area contributed by atoms with Gasteiger partial charge >= 0.3 is 0 Å². The molecular formula is C13H15ClN2. The van der Waals surface area contributed by atoms with Crippen LogP contribution in [0.4, 0.5) is 0 Å². The molecule has 2 rings (SSSR count). The second-order valence-electron chi connectivity index (χ2n) is 5.03. The minimum absolute atomic E-state index is 0.0592. The zero-order valence-corrected chi connectivity index (χ0v) is 10.8. The number of para-hydroxylation sites is 1. The van der Waals surface area contributed by atoms with Crippen molar-refractivity contribution in [3.05, 3.63) is 34.7 Å². The number of aryl methyl sites for hydroxylation is 1. The van der Waals surface area contributed by atoms with Gasteiger partial charge in [-0.05, 0) is 29.5 Å². The first-order valence-electron chi connectivity index (χ1n) is 5.33. The number of hydrogen-bond acceptors (Lipinski definition) is 2. The zero-order valence-electron chi connectivity index (χ0n) is 10.0. The van der Waals surface area contributed by atoms with E-state index < -0.39 is 0 Å². The summed E-state index contributed by atoms with van der Waals surface area (Å²) in [6.07, 6.45) is 0. The second kappa shape index (κ2) is 3.70. The molecule has 0 radical (unpaired) electrons. The van der Waals surface area contributed by atoms with Crippen LogP contribution in [0.25, 0.3) is 10.9 Å². The zero-order chi connectivity index (χ0) is 11.9. The van der Waals surface area contributed by atoms with Crippen LogP contribution >= 0.6 is 11.6 Å². The average molecular weight is 235 g/mol. The Hall–Kier alpha value is -1.15. The smallest absolute Gasteiger partial charge is 0.223 e. The lowest BCUT2D eigenvalue weighted by Crippen LogP contribution is -2.12. The molecule has 0 saturated carbocycles. The van der Waals surface area contributed by atoms with Gasteiger partial charge in [0.05, 0.1) is 11.2 Å². The van der Waals surface area contributed by atoms with E-state index in [0.717, 1.165) is 16.6 Å². The van der Waals surface area contributed by atoms with Crippen LogP contribution in [0.3, 0.4) is 0 Å². The Balaban J connectivity index is 2.87. The first-order valence-corrected chi connectivity index (χ1v) is 5.71. The fraction of sp³-hybridized carbons (Fsp3) is 0.385. The van der Waals surface area contributed by atoms with Gasteiger partial charge in [-0.1, -0.05) is 39.0 Å². The minimum Gasteiger partial charge on any atom is -0.223 e. The van der Waals surface area contributed by atoms with Crippen molar-refractivity contribution in [3.8, 4) is 0 Å². The summed E-state index contributed by atoms with van der Waals surface area (Å²) < 4.78 is 0. The van der Waals surface area contributed by atoms with Crippen LogP contribution in [0.5, 0.6) is 0 Å². The number of hydrogen-bond donors (Lipinski definition) is 0.